The third kappa shape index (κ3) is 4.24. The highest BCUT2D eigenvalue weighted by atomic mass is 16.2. The quantitative estimate of drug-likeness (QED) is 0.490. The molecule has 1 fully saturated rings. The van der Waals surface area contributed by atoms with Crippen molar-refractivity contribution in [3.05, 3.63) is 89.7 Å². The average Bonchev–Trinajstić information content (AvgIpc) is 3.32. The number of carbonyl (C=O) groups excluding carboxylic acids is 2. The Morgan fingerprint density at radius 2 is 1.94 bits per heavy atom. The van der Waals surface area contributed by atoms with Crippen molar-refractivity contribution < 1.29 is 9.59 Å². The van der Waals surface area contributed by atoms with Crippen molar-refractivity contribution in [1.82, 2.24) is 20.2 Å². The van der Waals surface area contributed by atoms with Crippen LogP contribution in [0, 0.1) is 6.92 Å². The van der Waals surface area contributed by atoms with E-state index in [-0.39, 0.29) is 17.9 Å². The Hall–Kier alpha value is -3.93. The minimum absolute atomic E-state index is 0.0151. The van der Waals surface area contributed by atoms with Crippen LogP contribution < -0.4 is 5.32 Å². The molecule has 166 valence electrons. The number of nitrogens with zero attached hydrogens (tertiary/aromatic N) is 2. The maximum absolute atomic E-state index is 13.6. The Bertz CT molecular complexity index is 1310. The molecule has 2 aromatic carbocycles. The van der Waals surface area contributed by atoms with E-state index in [1.165, 1.54) is 0 Å². The number of fused-ring (bicyclic) bond motifs is 1. The Balaban J connectivity index is 1.34. The molecule has 3 heterocycles. The minimum Gasteiger partial charge on any atom is -0.347 e. The molecular formula is C27H26N4O2. The molecule has 1 saturated heterocycles. The largest absolute Gasteiger partial charge is 0.347 e. The van der Waals surface area contributed by atoms with E-state index in [2.05, 4.69) is 15.3 Å². The van der Waals surface area contributed by atoms with Crippen molar-refractivity contribution in [1.29, 1.82) is 0 Å². The summed E-state index contributed by atoms with van der Waals surface area (Å²) in [5, 5.41) is 4.01. The molecule has 1 atom stereocenters. The predicted molar refractivity (Wildman–Crippen MR) is 129 cm³/mol. The number of nitrogens with one attached hydrogen (secondary N) is 2. The number of aromatic amines is 1. The molecule has 0 bridgehead atoms. The molecule has 5 rings (SSSR count). The van der Waals surface area contributed by atoms with E-state index in [1.807, 2.05) is 72.5 Å². The van der Waals surface area contributed by atoms with Crippen molar-refractivity contribution >= 4 is 22.8 Å². The third-order valence-corrected chi connectivity index (χ3v) is 6.28. The summed E-state index contributed by atoms with van der Waals surface area (Å²) in [6.45, 7) is 3.16. The molecule has 6 nitrogen and oxygen atoms in total. The van der Waals surface area contributed by atoms with Crippen LogP contribution in [0.2, 0.25) is 0 Å². The number of benzene rings is 2. The topological polar surface area (TPSA) is 78.1 Å². The summed E-state index contributed by atoms with van der Waals surface area (Å²) < 4.78 is 0. The molecule has 6 heteroatoms. The summed E-state index contributed by atoms with van der Waals surface area (Å²) in [5.41, 5.74) is 4.94. The number of aryl methyl sites for hydroxylation is 1. The standard InChI is InChI=1S/C27H26N4O2/c1-18-7-5-11-23(19-8-3-2-4-9-19)24(18)27(33)31-14-6-10-22(17-31)30-26(32)21-15-20-12-13-28-25(20)29-16-21/h2-5,7-9,11-13,15-16,22H,6,10,14,17H2,1H3,(H,28,29)(H,30,32)/t22-/m1/s1. The number of H-pyrrole nitrogens is 1. The number of carbonyl (C=O) groups is 2. The highest BCUT2D eigenvalue weighted by molar-refractivity contribution is 6.02. The van der Waals surface area contributed by atoms with Gasteiger partial charge in [0.2, 0.25) is 0 Å². The van der Waals surface area contributed by atoms with E-state index >= 15 is 0 Å². The first-order chi connectivity index (χ1) is 16.1. The van der Waals surface area contributed by atoms with E-state index in [0.717, 1.165) is 46.1 Å². The number of pyridine rings is 1. The van der Waals surface area contributed by atoms with Crippen LogP contribution in [-0.2, 0) is 0 Å². The number of piperidine rings is 1. The van der Waals surface area contributed by atoms with Gasteiger partial charge in [-0.15, -0.1) is 0 Å². The fourth-order valence-corrected chi connectivity index (χ4v) is 4.58. The number of likely N-dealkylation sites (tertiary alicyclic amines) is 1. The molecule has 33 heavy (non-hydrogen) atoms. The number of hydrogen-bond acceptors (Lipinski definition) is 3. The minimum atomic E-state index is -0.161. The lowest BCUT2D eigenvalue weighted by atomic mass is 9.94. The molecule has 2 N–H and O–H groups in total. The van der Waals surface area contributed by atoms with Gasteiger partial charge < -0.3 is 15.2 Å². The normalized spacial score (nSPS) is 16.0. The number of aromatic nitrogens is 2. The Labute approximate surface area is 192 Å². The molecule has 0 spiro atoms. The molecule has 4 aromatic rings. The van der Waals surface area contributed by atoms with Gasteiger partial charge in [0.25, 0.3) is 11.8 Å². The summed E-state index contributed by atoms with van der Waals surface area (Å²) in [7, 11) is 0. The van der Waals surface area contributed by atoms with E-state index in [9.17, 15) is 9.59 Å². The highest BCUT2D eigenvalue weighted by Crippen LogP contribution is 2.28. The smallest absolute Gasteiger partial charge is 0.254 e. The molecule has 2 amide bonds. The van der Waals surface area contributed by atoms with Gasteiger partial charge in [0.15, 0.2) is 0 Å². The molecule has 0 radical (unpaired) electrons. The van der Waals surface area contributed by atoms with E-state index < -0.39 is 0 Å². The van der Waals surface area contributed by atoms with Gasteiger partial charge in [-0.05, 0) is 48.6 Å². The van der Waals surface area contributed by atoms with Crippen molar-refractivity contribution in [3.63, 3.8) is 0 Å². The molecule has 2 aromatic heterocycles. The zero-order chi connectivity index (χ0) is 22.8. The van der Waals surface area contributed by atoms with Crippen LogP contribution in [0.5, 0.6) is 0 Å². The van der Waals surface area contributed by atoms with Crippen molar-refractivity contribution in [2.24, 2.45) is 0 Å². The van der Waals surface area contributed by atoms with Crippen molar-refractivity contribution in [2.75, 3.05) is 13.1 Å². The SMILES string of the molecule is Cc1cccc(-c2ccccc2)c1C(=O)N1CCC[C@@H](NC(=O)c2cnc3[nH]ccc3c2)C1. The van der Waals surface area contributed by atoms with Crippen LogP contribution in [0.3, 0.4) is 0 Å². The highest BCUT2D eigenvalue weighted by Gasteiger charge is 2.28. The van der Waals surface area contributed by atoms with E-state index in [1.54, 1.807) is 12.4 Å². The number of rotatable bonds is 4. The Morgan fingerprint density at radius 1 is 1.09 bits per heavy atom. The lowest BCUT2D eigenvalue weighted by Gasteiger charge is -2.34. The maximum Gasteiger partial charge on any atom is 0.254 e. The molecule has 0 unspecified atom stereocenters. The first-order valence-corrected chi connectivity index (χ1v) is 11.3. The lowest BCUT2D eigenvalue weighted by molar-refractivity contribution is 0.0676. The summed E-state index contributed by atoms with van der Waals surface area (Å²) in [5.74, 6) is -0.146. The van der Waals surface area contributed by atoms with Gasteiger partial charge in [-0.25, -0.2) is 4.98 Å². The number of hydrogen-bond donors (Lipinski definition) is 2. The van der Waals surface area contributed by atoms with Gasteiger partial charge in [0, 0.05) is 36.9 Å². The number of amides is 2. The van der Waals surface area contributed by atoms with Crippen LogP contribution in [0.4, 0.5) is 0 Å². The summed E-state index contributed by atoms with van der Waals surface area (Å²) in [6, 6.07) is 19.6. The lowest BCUT2D eigenvalue weighted by Crippen LogP contribution is -2.49. The van der Waals surface area contributed by atoms with Crippen LogP contribution in [0.25, 0.3) is 22.2 Å². The van der Waals surface area contributed by atoms with E-state index in [0.29, 0.717) is 18.7 Å². The maximum atomic E-state index is 13.6. The average molecular weight is 439 g/mol. The zero-order valence-corrected chi connectivity index (χ0v) is 18.5. The Kier molecular flexibility index (Phi) is 5.65. The zero-order valence-electron chi connectivity index (χ0n) is 18.5. The third-order valence-electron chi connectivity index (χ3n) is 6.28. The molecule has 1 aliphatic rings. The fraction of sp³-hybridized carbons (Fsp3) is 0.222. The molecule has 1 aliphatic heterocycles. The van der Waals surface area contributed by atoms with Gasteiger partial charge in [-0.3, -0.25) is 9.59 Å². The first-order valence-electron chi connectivity index (χ1n) is 11.3. The van der Waals surface area contributed by atoms with Gasteiger partial charge in [0.1, 0.15) is 5.65 Å². The van der Waals surface area contributed by atoms with Gasteiger partial charge in [0.05, 0.1) is 11.1 Å². The van der Waals surface area contributed by atoms with Crippen LogP contribution in [0.15, 0.2) is 73.1 Å². The van der Waals surface area contributed by atoms with Gasteiger partial charge >= 0.3 is 0 Å². The predicted octanol–water partition coefficient (Wildman–Crippen LogP) is 4.57. The van der Waals surface area contributed by atoms with Crippen molar-refractivity contribution in [2.45, 2.75) is 25.8 Å². The molecule has 0 aliphatic carbocycles. The van der Waals surface area contributed by atoms with Crippen molar-refractivity contribution in [3.8, 4) is 11.1 Å². The first kappa shape index (κ1) is 20.9. The fourth-order valence-electron chi connectivity index (χ4n) is 4.58. The summed E-state index contributed by atoms with van der Waals surface area (Å²) >= 11 is 0. The second-order valence-corrected chi connectivity index (χ2v) is 8.57. The van der Waals surface area contributed by atoms with Gasteiger partial charge in [-0.2, -0.15) is 0 Å². The molecular weight excluding hydrogens is 412 g/mol. The summed E-state index contributed by atoms with van der Waals surface area (Å²) in [4.78, 5) is 35.7. The van der Waals surface area contributed by atoms with Crippen LogP contribution >= 0.6 is 0 Å². The second-order valence-electron chi connectivity index (χ2n) is 8.57. The monoisotopic (exact) mass is 438 g/mol. The van der Waals surface area contributed by atoms with Gasteiger partial charge in [-0.1, -0.05) is 48.5 Å². The van der Waals surface area contributed by atoms with E-state index in [4.69, 9.17) is 0 Å². The van der Waals surface area contributed by atoms with Crippen LogP contribution in [-0.4, -0.2) is 45.8 Å². The summed E-state index contributed by atoms with van der Waals surface area (Å²) in [6.07, 6.45) is 5.08. The van der Waals surface area contributed by atoms with Crippen LogP contribution in [0.1, 0.15) is 39.1 Å². The Morgan fingerprint density at radius 3 is 2.79 bits per heavy atom. The molecule has 0 saturated carbocycles. The second kappa shape index (κ2) is 8.90.